The third-order valence-electron chi connectivity index (χ3n) is 4.57. The average molecular weight is 483 g/mol. The SMILES string of the molecule is Cc1cc(/C=N\NC(=O)c2cc3ccccc3o2)c(C)n1-c1ccc(I)cc1. The topological polar surface area (TPSA) is 59.5 Å². The molecule has 0 unspecified atom stereocenters. The molecule has 6 heteroatoms. The second-order valence-electron chi connectivity index (χ2n) is 6.49. The van der Waals surface area contributed by atoms with Crippen molar-refractivity contribution in [1.29, 1.82) is 0 Å². The Bertz CT molecular complexity index is 1150. The Hall–Kier alpha value is -2.87. The number of rotatable bonds is 4. The fourth-order valence-electron chi connectivity index (χ4n) is 3.22. The standard InChI is InChI=1S/C22H18IN3O2/c1-14-11-17(15(2)26(14)19-9-7-18(23)8-10-19)13-24-25-22(27)21-12-16-5-3-4-6-20(16)28-21/h3-13H,1-2H3,(H,25,27)/b24-13-. The normalized spacial score (nSPS) is 11.4. The number of hydrazone groups is 1. The number of hydrogen-bond donors (Lipinski definition) is 1. The Kier molecular flexibility index (Phi) is 5.04. The second kappa shape index (κ2) is 7.63. The van der Waals surface area contributed by atoms with Crippen molar-refractivity contribution in [2.75, 3.05) is 0 Å². The Morgan fingerprint density at radius 2 is 1.86 bits per heavy atom. The van der Waals surface area contributed by atoms with Crippen LogP contribution >= 0.6 is 22.6 Å². The van der Waals surface area contributed by atoms with E-state index in [2.05, 4.69) is 68.9 Å². The van der Waals surface area contributed by atoms with Crippen molar-refractivity contribution in [2.24, 2.45) is 5.10 Å². The minimum Gasteiger partial charge on any atom is -0.451 e. The van der Waals surface area contributed by atoms with Crippen LogP contribution in [0.2, 0.25) is 0 Å². The monoisotopic (exact) mass is 483 g/mol. The van der Waals surface area contributed by atoms with E-state index in [0.29, 0.717) is 5.58 Å². The maximum absolute atomic E-state index is 12.3. The molecule has 0 saturated carbocycles. The van der Waals surface area contributed by atoms with Crippen molar-refractivity contribution in [3.8, 4) is 5.69 Å². The Morgan fingerprint density at radius 1 is 1.11 bits per heavy atom. The molecule has 0 fully saturated rings. The van der Waals surface area contributed by atoms with Crippen LogP contribution in [0.3, 0.4) is 0 Å². The van der Waals surface area contributed by atoms with Gasteiger partial charge in [-0.1, -0.05) is 18.2 Å². The number of nitrogens with one attached hydrogen (secondary N) is 1. The number of para-hydroxylation sites is 1. The minimum atomic E-state index is -0.376. The first-order valence-corrected chi connectivity index (χ1v) is 9.87. The Morgan fingerprint density at radius 3 is 2.61 bits per heavy atom. The Labute approximate surface area is 176 Å². The summed E-state index contributed by atoms with van der Waals surface area (Å²) in [6.07, 6.45) is 1.66. The first-order valence-electron chi connectivity index (χ1n) is 8.80. The molecule has 4 rings (SSSR count). The summed E-state index contributed by atoms with van der Waals surface area (Å²) in [5.41, 5.74) is 7.42. The van der Waals surface area contributed by atoms with Gasteiger partial charge in [-0.3, -0.25) is 4.79 Å². The predicted octanol–water partition coefficient (Wildman–Crippen LogP) is 5.21. The fraction of sp³-hybridized carbons (Fsp3) is 0.0909. The number of furan rings is 1. The van der Waals surface area contributed by atoms with Crippen LogP contribution in [0.4, 0.5) is 0 Å². The van der Waals surface area contributed by atoms with Gasteiger partial charge in [-0.25, -0.2) is 5.43 Å². The molecule has 140 valence electrons. The van der Waals surface area contributed by atoms with Crippen molar-refractivity contribution in [3.63, 3.8) is 0 Å². The number of carbonyl (C=O) groups excluding carboxylic acids is 1. The van der Waals surface area contributed by atoms with Crippen molar-refractivity contribution >= 4 is 45.7 Å². The van der Waals surface area contributed by atoms with Gasteiger partial charge in [-0.05, 0) is 78.9 Å². The molecular formula is C22H18IN3O2. The summed E-state index contributed by atoms with van der Waals surface area (Å²) in [6, 6.07) is 19.6. The first kappa shape index (κ1) is 18.5. The molecule has 0 aliphatic heterocycles. The lowest BCUT2D eigenvalue weighted by Crippen LogP contribution is -2.16. The van der Waals surface area contributed by atoms with Crippen molar-refractivity contribution in [3.05, 3.63) is 86.9 Å². The summed E-state index contributed by atoms with van der Waals surface area (Å²) in [5, 5.41) is 5.00. The quantitative estimate of drug-likeness (QED) is 0.246. The van der Waals surface area contributed by atoms with Gasteiger partial charge < -0.3 is 8.98 Å². The molecule has 0 atom stereocenters. The predicted molar refractivity (Wildman–Crippen MR) is 119 cm³/mol. The van der Waals surface area contributed by atoms with Gasteiger partial charge in [0, 0.05) is 31.6 Å². The van der Waals surface area contributed by atoms with Crippen LogP contribution < -0.4 is 5.43 Å². The number of carbonyl (C=O) groups is 1. The second-order valence-corrected chi connectivity index (χ2v) is 7.73. The van der Waals surface area contributed by atoms with Crippen LogP contribution in [0, 0.1) is 17.4 Å². The number of halogens is 1. The molecular weight excluding hydrogens is 465 g/mol. The van der Waals surface area contributed by atoms with Crippen LogP contribution in [0.25, 0.3) is 16.7 Å². The largest absolute Gasteiger partial charge is 0.451 e. The third kappa shape index (κ3) is 3.60. The van der Waals surface area contributed by atoms with Crippen LogP contribution in [-0.2, 0) is 0 Å². The van der Waals surface area contributed by atoms with E-state index in [0.717, 1.165) is 28.0 Å². The Balaban J connectivity index is 1.52. The van der Waals surface area contributed by atoms with Crippen LogP contribution in [0.5, 0.6) is 0 Å². The van der Waals surface area contributed by atoms with E-state index in [1.807, 2.05) is 37.3 Å². The molecule has 1 N–H and O–H groups in total. The van der Waals surface area contributed by atoms with Crippen LogP contribution in [0.1, 0.15) is 27.5 Å². The van der Waals surface area contributed by atoms with Crippen LogP contribution in [-0.4, -0.2) is 16.7 Å². The number of aryl methyl sites for hydroxylation is 1. The fourth-order valence-corrected chi connectivity index (χ4v) is 3.57. The summed E-state index contributed by atoms with van der Waals surface area (Å²) in [4.78, 5) is 12.3. The van der Waals surface area contributed by atoms with Crippen molar-refractivity contribution in [1.82, 2.24) is 9.99 Å². The van der Waals surface area contributed by atoms with Gasteiger partial charge in [0.15, 0.2) is 5.76 Å². The number of nitrogens with zero attached hydrogens (tertiary/aromatic N) is 2. The molecule has 2 aromatic carbocycles. The highest BCUT2D eigenvalue weighted by atomic mass is 127. The molecule has 4 aromatic rings. The van der Waals surface area contributed by atoms with E-state index < -0.39 is 0 Å². The smallest absolute Gasteiger partial charge is 0.307 e. The van der Waals surface area contributed by atoms with Gasteiger partial charge in [-0.15, -0.1) is 0 Å². The molecule has 2 aromatic heterocycles. The van der Waals surface area contributed by atoms with Gasteiger partial charge in [0.2, 0.25) is 0 Å². The van der Waals surface area contributed by atoms with E-state index in [-0.39, 0.29) is 11.7 Å². The minimum absolute atomic E-state index is 0.239. The summed E-state index contributed by atoms with van der Waals surface area (Å²) >= 11 is 2.29. The van der Waals surface area contributed by atoms with E-state index in [1.165, 1.54) is 3.57 Å². The number of benzene rings is 2. The van der Waals surface area contributed by atoms with Gasteiger partial charge in [0.1, 0.15) is 5.58 Å². The molecule has 5 nitrogen and oxygen atoms in total. The third-order valence-corrected chi connectivity index (χ3v) is 5.29. The summed E-state index contributed by atoms with van der Waals surface area (Å²) in [5.74, 6) is -0.137. The zero-order valence-corrected chi connectivity index (χ0v) is 17.6. The highest BCUT2D eigenvalue weighted by molar-refractivity contribution is 14.1. The summed E-state index contributed by atoms with van der Waals surface area (Å²) in [7, 11) is 0. The summed E-state index contributed by atoms with van der Waals surface area (Å²) < 4.78 is 8.91. The molecule has 1 amide bonds. The lowest BCUT2D eigenvalue weighted by atomic mass is 10.2. The zero-order valence-electron chi connectivity index (χ0n) is 15.4. The maximum Gasteiger partial charge on any atom is 0.307 e. The number of fused-ring (bicyclic) bond motifs is 1. The summed E-state index contributed by atoms with van der Waals surface area (Å²) in [6.45, 7) is 4.09. The maximum atomic E-state index is 12.3. The molecule has 0 spiro atoms. The molecule has 2 heterocycles. The lowest BCUT2D eigenvalue weighted by molar-refractivity contribution is 0.0929. The zero-order chi connectivity index (χ0) is 19.7. The molecule has 0 aliphatic rings. The van der Waals surface area contributed by atoms with Crippen LogP contribution in [0.15, 0.2) is 70.2 Å². The van der Waals surface area contributed by atoms with Gasteiger partial charge >= 0.3 is 5.91 Å². The van der Waals surface area contributed by atoms with Gasteiger partial charge in [0.05, 0.1) is 6.21 Å². The molecule has 0 saturated heterocycles. The van der Waals surface area contributed by atoms with Gasteiger partial charge in [-0.2, -0.15) is 5.10 Å². The van der Waals surface area contributed by atoms with Crippen molar-refractivity contribution in [2.45, 2.75) is 13.8 Å². The van der Waals surface area contributed by atoms with E-state index in [1.54, 1.807) is 12.3 Å². The first-order chi connectivity index (χ1) is 13.5. The van der Waals surface area contributed by atoms with Gasteiger partial charge in [0.25, 0.3) is 0 Å². The average Bonchev–Trinajstić information content (AvgIpc) is 3.24. The number of hydrogen-bond acceptors (Lipinski definition) is 3. The van der Waals surface area contributed by atoms with E-state index in [4.69, 9.17) is 4.42 Å². The van der Waals surface area contributed by atoms with E-state index >= 15 is 0 Å². The lowest BCUT2D eigenvalue weighted by Gasteiger charge is -2.09. The number of aromatic nitrogens is 1. The van der Waals surface area contributed by atoms with E-state index in [9.17, 15) is 4.79 Å². The molecule has 28 heavy (non-hydrogen) atoms. The highest BCUT2D eigenvalue weighted by Gasteiger charge is 2.12. The molecule has 0 bridgehead atoms. The molecule has 0 aliphatic carbocycles. The van der Waals surface area contributed by atoms with Crippen molar-refractivity contribution < 1.29 is 9.21 Å². The molecule has 0 radical (unpaired) electrons. The highest BCUT2D eigenvalue weighted by Crippen LogP contribution is 2.21. The number of amides is 1.